The molecule has 1 aromatic rings. The highest BCUT2D eigenvalue weighted by atomic mass is 79.9. The van der Waals surface area contributed by atoms with Gasteiger partial charge < -0.3 is 0 Å². The Balaban J connectivity index is 2.50. The number of hydrogen-bond donors (Lipinski definition) is 0. The Morgan fingerprint density at radius 1 is 1.64 bits per heavy atom. The lowest BCUT2D eigenvalue weighted by atomic mass is 10.1. The average Bonchev–Trinajstić information content (AvgIpc) is 2.35. The number of aryl methyl sites for hydroxylation is 1. The summed E-state index contributed by atoms with van der Waals surface area (Å²) in [7, 11) is 0. The van der Waals surface area contributed by atoms with Crippen molar-refractivity contribution in [3.8, 4) is 0 Å². The van der Waals surface area contributed by atoms with Crippen molar-refractivity contribution in [3.05, 3.63) is 21.9 Å². The number of rotatable bonds is 3. The van der Waals surface area contributed by atoms with Gasteiger partial charge in [-0.1, -0.05) is 22.9 Å². The van der Waals surface area contributed by atoms with Crippen LogP contribution >= 0.6 is 27.3 Å². The third kappa shape index (κ3) is 2.96. The Morgan fingerprint density at radius 3 is 2.82 bits per heavy atom. The van der Waals surface area contributed by atoms with E-state index in [0.717, 1.165) is 11.2 Å². The average molecular weight is 233 g/mol. The van der Waals surface area contributed by atoms with Crippen LogP contribution in [0.15, 0.2) is 11.4 Å². The highest BCUT2D eigenvalue weighted by molar-refractivity contribution is 9.09. The molecule has 1 aromatic heterocycles. The summed E-state index contributed by atoms with van der Waals surface area (Å²) in [6.45, 7) is 4.43. The molecule has 1 rings (SSSR count). The minimum absolute atomic E-state index is 0.754. The van der Waals surface area contributed by atoms with Crippen molar-refractivity contribution >= 4 is 27.3 Å². The van der Waals surface area contributed by atoms with Crippen LogP contribution in [-0.4, -0.2) is 5.33 Å². The van der Waals surface area contributed by atoms with Gasteiger partial charge in [-0.25, -0.2) is 0 Å². The van der Waals surface area contributed by atoms with Crippen molar-refractivity contribution in [2.45, 2.75) is 20.3 Å². The molecule has 1 heterocycles. The van der Waals surface area contributed by atoms with Gasteiger partial charge >= 0.3 is 0 Å². The van der Waals surface area contributed by atoms with E-state index >= 15 is 0 Å². The van der Waals surface area contributed by atoms with E-state index in [0.29, 0.717) is 0 Å². The Hall–Kier alpha value is 0.180. The molecule has 0 saturated carbocycles. The molecule has 62 valence electrons. The number of halogens is 1. The first-order valence-corrected chi connectivity index (χ1v) is 5.82. The van der Waals surface area contributed by atoms with Crippen molar-refractivity contribution < 1.29 is 0 Å². The molecule has 0 saturated heterocycles. The normalized spacial score (nSPS) is 13.4. The summed E-state index contributed by atoms with van der Waals surface area (Å²) in [6, 6.07) is 2.28. The van der Waals surface area contributed by atoms with E-state index in [1.165, 1.54) is 16.9 Å². The summed E-state index contributed by atoms with van der Waals surface area (Å²) < 4.78 is 0. The van der Waals surface area contributed by atoms with E-state index in [-0.39, 0.29) is 0 Å². The second kappa shape index (κ2) is 4.27. The fourth-order valence-electron chi connectivity index (χ4n) is 1.06. The number of alkyl halides is 1. The molecule has 0 aliphatic rings. The van der Waals surface area contributed by atoms with Gasteiger partial charge in [0.1, 0.15) is 0 Å². The van der Waals surface area contributed by atoms with E-state index in [4.69, 9.17) is 0 Å². The molecule has 0 aliphatic carbocycles. The first kappa shape index (κ1) is 9.27. The molecule has 1 atom stereocenters. The lowest BCUT2D eigenvalue weighted by molar-refractivity contribution is 0.664. The minimum atomic E-state index is 0.754. The molecule has 0 nitrogen and oxygen atoms in total. The molecule has 1 unspecified atom stereocenters. The van der Waals surface area contributed by atoms with Gasteiger partial charge in [0.25, 0.3) is 0 Å². The maximum atomic E-state index is 3.48. The zero-order chi connectivity index (χ0) is 8.27. The predicted molar refractivity (Wildman–Crippen MR) is 55.7 cm³/mol. The molecular formula is C9H13BrS. The van der Waals surface area contributed by atoms with E-state index in [1.807, 2.05) is 11.3 Å². The van der Waals surface area contributed by atoms with Gasteiger partial charge in [-0.15, -0.1) is 11.3 Å². The minimum Gasteiger partial charge on any atom is -0.149 e. The van der Waals surface area contributed by atoms with Crippen LogP contribution in [-0.2, 0) is 6.42 Å². The molecular weight excluding hydrogens is 220 g/mol. The quantitative estimate of drug-likeness (QED) is 0.699. The Kier molecular flexibility index (Phi) is 3.60. The van der Waals surface area contributed by atoms with Crippen LogP contribution in [0.4, 0.5) is 0 Å². The zero-order valence-electron chi connectivity index (χ0n) is 6.93. The van der Waals surface area contributed by atoms with Crippen molar-refractivity contribution in [2.75, 3.05) is 5.33 Å². The maximum absolute atomic E-state index is 3.48. The van der Waals surface area contributed by atoms with Crippen LogP contribution in [0.1, 0.15) is 17.4 Å². The summed E-state index contributed by atoms with van der Waals surface area (Å²) in [5.41, 5.74) is 1.49. The van der Waals surface area contributed by atoms with Gasteiger partial charge in [0.05, 0.1) is 0 Å². The van der Waals surface area contributed by atoms with Crippen molar-refractivity contribution in [3.63, 3.8) is 0 Å². The second-order valence-corrected chi connectivity index (χ2v) is 4.79. The first-order chi connectivity index (χ1) is 5.22. The molecule has 0 amide bonds. The van der Waals surface area contributed by atoms with Gasteiger partial charge in [-0.2, -0.15) is 0 Å². The van der Waals surface area contributed by atoms with E-state index in [1.54, 1.807) is 0 Å². The third-order valence-corrected chi connectivity index (χ3v) is 3.65. The summed E-state index contributed by atoms with van der Waals surface area (Å²) in [5.74, 6) is 0.754. The van der Waals surface area contributed by atoms with Gasteiger partial charge in [0, 0.05) is 10.2 Å². The van der Waals surface area contributed by atoms with Crippen LogP contribution in [0.3, 0.4) is 0 Å². The van der Waals surface area contributed by atoms with E-state index in [9.17, 15) is 0 Å². The standard InChI is InChI=1S/C9H13BrS/c1-7(5-10)3-9-4-8(2)11-6-9/h4,6-7H,3,5H2,1-2H3. The Labute approximate surface area is 80.8 Å². The van der Waals surface area contributed by atoms with Crippen LogP contribution in [0.2, 0.25) is 0 Å². The third-order valence-electron chi connectivity index (χ3n) is 1.63. The fraction of sp³-hybridized carbons (Fsp3) is 0.556. The van der Waals surface area contributed by atoms with Crippen molar-refractivity contribution in [1.82, 2.24) is 0 Å². The molecule has 0 bridgehead atoms. The smallest absolute Gasteiger partial charge is 0.00602 e. The molecule has 0 N–H and O–H groups in total. The largest absolute Gasteiger partial charge is 0.149 e. The van der Waals surface area contributed by atoms with Gasteiger partial charge in [-0.05, 0) is 36.3 Å². The Bertz CT molecular complexity index is 217. The highest BCUT2D eigenvalue weighted by Crippen LogP contribution is 2.17. The van der Waals surface area contributed by atoms with Crippen LogP contribution in [0.25, 0.3) is 0 Å². The Morgan fingerprint density at radius 2 is 2.36 bits per heavy atom. The molecule has 0 radical (unpaired) electrons. The summed E-state index contributed by atoms with van der Waals surface area (Å²) >= 11 is 5.32. The molecule has 0 aromatic carbocycles. The van der Waals surface area contributed by atoms with Gasteiger partial charge in [0.2, 0.25) is 0 Å². The molecule has 0 spiro atoms. The van der Waals surface area contributed by atoms with Gasteiger partial charge in [-0.3, -0.25) is 0 Å². The lowest BCUT2D eigenvalue weighted by Crippen LogP contribution is -1.98. The second-order valence-electron chi connectivity index (χ2n) is 3.03. The topological polar surface area (TPSA) is 0 Å². The summed E-state index contributed by atoms with van der Waals surface area (Å²) in [4.78, 5) is 1.42. The molecule has 11 heavy (non-hydrogen) atoms. The zero-order valence-corrected chi connectivity index (χ0v) is 9.33. The molecule has 0 aliphatic heterocycles. The van der Waals surface area contributed by atoms with Crippen LogP contribution < -0.4 is 0 Å². The molecule has 2 heteroatoms. The van der Waals surface area contributed by atoms with Gasteiger partial charge in [0.15, 0.2) is 0 Å². The highest BCUT2D eigenvalue weighted by Gasteiger charge is 2.02. The van der Waals surface area contributed by atoms with E-state index < -0.39 is 0 Å². The SMILES string of the molecule is Cc1cc(CC(C)CBr)cs1. The number of thiophene rings is 1. The van der Waals surface area contributed by atoms with Crippen LogP contribution in [0.5, 0.6) is 0 Å². The fourth-order valence-corrected chi connectivity index (χ4v) is 2.01. The van der Waals surface area contributed by atoms with Crippen LogP contribution in [0, 0.1) is 12.8 Å². The monoisotopic (exact) mass is 232 g/mol. The predicted octanol–water partition coefficient (Wildman–Crippen LogP) is 3.63. The van der Waals surface area contributed by atoms with Crippen molar-refractivity contribution in [2.24, 2.45) is 5.92 Å². The summed E-state index contributed by atoms with van der Waals surface area (Å²) in [6.07, 6.45) is 1.20. The number of hydrogen-bond acceptors (Lipinski definition) is 1. The lowest BCUT2D eigenvalue weighted by Gasteiger charge is -2.03. The molecule has 0 fully saturated rings. The maximum Gasteiger partial charge on any atom is 0.00602 e. The summed E-state index contributed by atoms with van der Waals surface area (Å²) in [5, 5.41) is 3.36. The van der Waals surface area contributed by atoms with Crippen molar-refractivity contribution in [1.29, 1.82) is 0 Å². The van der Waals surface area contributed by atoms with E-state index in [2.05, 4.69) is 41.2 Å². The first-order valence-electron chi connectivity index (χ1n) is 3.82.